The van der Waals surface area contributed by atoms with Crippen molar-refractivity contribution in [3.63, 3.8) is 0 Å². The van der Waals surface area contributed by atoms with E-state index in [9.17, 15) is 4.39 Å². The zero-order valence-electron chi connectivity index (χ0n) is 10.4. The Balaban J connectivity index is 2.01. The lowest BCUT2D eigenvalue weighted by Gasteiger charge is -2.17. The van der Waals surface area contributed by atoms with E-state index < -0.39 is 0 Å². The summed E-state index contributed by atoms with van der Waals surface area (Å²) in [5.41, 5.74) is 0.955. The number of halogens is 1. The van der Waals surface area contributed by atoms with Gasteiger partial charge in [0.05, 0.1) is 6.54 Å². The molecule has 0 fully saturated rings. The molecule has 0 radical (unpaired) electrons. The summed E-state index contributed by atoms with van der Waals surface area (Å²) >= 11 is 1.53. The molecular weight excluding hydrogens is 251 g/mol. The zero-order chi connectivity index (χ0) is 13.0. The van der Waals surface area contributed by atoms with Crippen LogP contribution < -0.4 is 10.2 Å². The van der Waals surface area contributed by atoms with E-state index in [-0.39, 0.29) is 5.82 Å². The first kappa shape index (κ1) is 12.8. The number of anilines is 2. The average Bonchev–Trinajstić information content (AvgIpc) is 2.78. The minimum atomic E-state index is -0.225. The van der Waals surface area contributed by atoms with Gasteiger partial charge in [-0.15, -0.1) is 10.2 Å². The summed E-state index contributed by atoms with van der Waals surface area (Å²) in [4.78, 5) is 2.01. The van der Waals surface area contributed by atoms with Crippen molar-refractivity contribution >= 4 is 22.2 Å². The molecule has 0 spiro atoms. The monoisotopic (exact) mass is 266 g/mol. The van der Waals surface area contributed by atoms with Gasteiger partial charge in [0.1, 0.15) is 10.8 Å². The van der Waals surface area contributed by atoms with E-state index in [1.165, 1.54) is 23.5 Å². The fraction of sp³-hybridized carbons (Fsp3) is 0.333. The van der Waals surface area contributed by atoms with Crippen molar-refractivity contribution in [3.05, 3.63) is 35.1 Å². The number of rotatable bonds is 5. The maximum Gasteiger partial charge on any atom is 0.205 e. The molecule has 1 N–H and O–H groups in total. The van der Waals surface area contributed by atoms with Crippen LogP contribution in [0.15, 0.2) is 24.3 Å². The second-order valence-corrected chi connectivity index (χ2v) is 4.93. The fourth-order valence-electron chi connectivity index (χ4n) is 1.53. The standard InChI is InChI=1S/C12H15FN4S/c1-3-14-12-16-15-11(18-12)8-17(2)10-6-4-9(13)5-7-10/h4-7H,3,8H2,1-2H3,(H,14,16). The number of nitrogens with zero attached hydrogens (tertiary/aromatic N) is 3. The minimum absolute atomic E-state index is 0.225. The molecular formula is C12H15FN4S. The van der Waals surface area contributed by atoms with Crippen LogP contribution in [0, 0.1) is 5.82 Å². The highest BCUT2D eigenvalue weighted by atomic mass is 32.1. The normalized spacial score (nSPS) is 10.4. The number of nitrogens with one attached hydrogen (secondary N) is 1. The van der Waals surface area contributed by atoms with Gasteiger partial charge in [0.15, 0.2) is 0 Å². The van der Waals surface area contributed by atoms with E-state index >= 15 is 0 Å². The van der Waals surface area contributed by atoms with Crippen molar-refractivity contribution in [2.75, 3.05) is 23.8 Å². The van der Waals surface area contributed by atoms with Crippen LogP contribution in [0.3, 0.4) is 0 Å². The van der Waals surface area contributed by atoms with E-state index in [1.54, 1.807) is 12.1 Å². The van der Waals surface area contributed by atoms with Gasteiger partial charge >= 0.3 is 0 Å². The molecule has 2 aromatic rings. The smallest absolute Gasteiger partial charge is 0.205 e. The molecule has 1 aromatic carbocycles. The van der Waals surface area contributed by atoms with Gasteiger partial charge in [0.25, 0.3) is 0 Å². The summed E-state index contributed by atoms with van der Waals surface area (Å²) in [6.07, 6.45) is 0. The quantitative estimate of drug-likeness (QED) is 0.903. The first-order valence-corrected chi connectivity index (χ1v) is 6.53. The van der Waals surface area contributed by atoms with Crippen molar-refractivity contribution in [1.82, 2.24) is 10.2 Å². The molecule has 0 saturated heterocycles. The molecule has 1 heterocycles. The highest BCUT2D eigenvalue weighted by molar-refractivity contribution is 7.15. The van der Waals surface area contributed by atoms with Gasteiger partial charge in [-0.3, -0.25) is 0 Å². The highest BCUT2D eigenvalue weighted by Crippen LogP contribution is 2.20. The number of benzene rings is 1. The van der Waals surface area contributed by atoms with Gasteiger partial charge in [0, 0.05) is 19.3 Å². The van der Waals surface area contributed by atoms with Crippen molar-refractivity contribution in [3.8, 4) is 0 Å². The third kappa shape index (κ3) is 3.16. The summed E-state index contributed by atoms with van der Waals surface area (Å²) in [7, 11) is 1.95. The molecule has 0 amide bonds. The van der Waals surface area contributed by atoms with E-state index in [1.807, 2.05) is 18.9 Å². The van der Waals surface area contributed by atoms with Crippen LogP contribution in [0.1, 0.15) is 11.9 Å². The Kier molecular flexibility index (Phi) is 4.09. The van der Waals surface area contributed by atoms with Crippen molar-refractivity contribution in [2.45, 2.75) is 13.5 Å². The number of aromatic nitrogens is 2. The maximum absolute atomic E-state index is 12.8. The van der Waals surface area contributed by atoms with Crippen molar-refractivity contribution in [1.29, 1.82) is 0 Å². The minimum Gasteiger partial charge on any atom is -0.368 e. The van der Waals surface area contributed by atoms with E-state index in [4.69, 9.17) is 0 Å². The van der Waals surface area contributed by atoms with Crippen LogP contribution in [0.4, 0.5) is 15.2 Å². The predicted octanol–water partition coefficient (Wildman–Crippen LogP) is 2.75. The topological polar surface area (TPSA) is 41.1 Å². The molecule has 4 nitrogen and oxygen atoms in total. The van der Waals surface area contributed by atoms with Crippen LogP contribution in [0.2, 0.25) is 0 Å². The van der Waals surface area contributed by atoms with E-state index in [2.05, 4.69) is 15.5 Å². The summed E-state index contributed by atoms with van der Waals surface area (Å²) in [6.45, 7) is 3.52. The first-order valence-electron chi connectivity index (χ1n) is 5.72. The van der Waals surface area contributed by atoms with Gasteiger partial charge in [-0.05, 0) is 31.2 Å². The molecule has 96 valence electrons. The van der Waals surface area contributed by atoms with Crippen LogP contribution in [0.25, 0.3) is 0 Å². The van der Waals surface area contributed by atoms with Crippen molar-refractivity contribution < 1.29 is 4.39 Å². The molecule has 0 aliphatic rings. The molecule has 1 aromatic heterocycles. The average molecular weight is 266 g/mol. The van der Waals surface area contributed by atoms with E-state index in [0.717, 1.165) is 22.4 Å². The molecule has 0 unspecified atom stereocenters. The van der Waals surface area contributed by atoms with Gasteiger partial charge in [-0.1, -0.05) is 11.3 Å². The Labute approximate surface area is 109 Å². The molecule has 0 saturated carbocycles. The molecule has 6 heteroatoms. The van der Waals surface area contributed by atoms with Gasteiger partial charge in [-0.25, -0.2) is 4.39 Å². The lowest BCUT2D eigenvalue weighted by Crippen LogP contribution is -2.16. The van der Waals surface area contributed by atoms with Crippen LogP contribution in [0.5, 0.6) is 0 Å². The van der Waals surface area contributed by atoms with Crippen molar-refractivity contribution in [2.24, 2.45) is 0 Å². The Morgan fingerprint density at radius 3 is 2.67 bits per heavy atom. The molecule has 0 aliphatic carbocycles. The molecule has 18 heavy (non-hydrogen) atoms. The molecule has 0 aliphatic heterocycles. The zero-order valence-corrected chi connectivity index (χ0v) is 11.2. The maximum atomic E-state index is 12.8. The van der Waals surface area contributed by atoms with Gasteiger partial charge in [0.2, 0.25) is 5.13 Å². The summed E-state index contributed by atoms with van der Waals surface area (Å²) < 4.78 is 12.8. The lowest BCUT2D eigenvalue weighted by atomic mass is 10.3. The Morgan fingerprint density at radius 1 is 1.28 bits per heavy atom. The first-order chi connectivity index (χ1) is 8.69. The Bertz CT molecular complexity index is 497. The molecule has 0 bridgehead atoms. The van der Waals surface area contributed by atoms with Crippen LogP contribution in [-0.2, 0) is 6.54 Å². The summed E-state index contributed by atoms with van der Waals surface area (Å²) in [6, 6.07) is 6.41. The van der Waals surface area contributed by atoms with Crippen LogP contribution >= 0.6 is 11.3 Å². The largest absolute Gasteiger partial charge is 0.368 e. The summed E-state index contributed by atoms with van der Waals surface area (Å²) in [5, 5.41) is 13.0. The second kappa shape index (κ2) is 5.77. The molecule has 2 rings (SSSR count). The van der Waals surface area contributed by atoms with Gasteiger partial charge in [-0.2, -0.15) is 0 Å². The Hall–Kier alpha value is -1.69. The fourth-order valence-corrected chi connectivity index (χ4v) is 2.39. The number of hydrogen-bond donors (Lipinski definition) is 1. The number of hydrogen-bond acceptors (Lipinski definition) is 5. The summed E-state index contributed by atoms with van der Waals surface area (Å²) in [5.74, 6) is -0.225. The third-order valence-electron chi connectivity index (χ3n) is 2.43. The highest BCUT2D eigenvalue weighted by Gasteiger charge is 2.07. The second-order valence-electron chi connectivity index (χ2n) is 3.86. The lowest BCUT2D eigenvalue weighted by molar-refractivity contribution is 0.627. The third-order valence-corrected chi connectivity index (χ3v) is 3.30. The van der Waals surface area contributed by atoms with Gasteiger partial charge < -0.3 is 10.2 Å². The Morgan fingerprint density at radius 2 is 2.00 bits per heavy atom. The SMILES string of the molecule is CCNc1nnc(CN(C)c2ccc(F)cc2)s1. The molecule has 0 atom stereocenters. The predicted molar refractivity (Wildman–Crippen MR) is 72.6 cm³/mol. The van der Waals surface area contributed by atoms with E-state index in [0.29, 0.717) is 6.54 Å². The van der Waals surface area contributed by atoms with Crippen LogP contribution in [-0.4, -0.2) is 23.8 Å².